The van der Waals surface area contributed by atoms with Gasteiger partial charge in [-0.3, -0.25) is 9.48 Å². The van der Waals surface area contributed by atoms with E-state index in [1.54, 1.807) is 7.11 Å². The maximum Gasteiger partial charge on any atom is 0.258 e. The van der Waals surface area contributed by atoms with Gasteiger partial charge >= 0.3 is 0 Å². The maximum absolute atomic E-state index is 12.1. The predicted molar refractivity (Wildman–Crippen MR) is 134 cm³/mol. The van der Waals surface area contributed by atoms with E-state index in [2.05, 4.69) is 10.6 Å². The number of aromatic nitrogens is 2. The molecule has 4 rings (SSSR count). The Morgan fingerprint density at radius 1 is 1.09 bits per heavy atom. The number of hydrogen-bond donors (Lipinski definition) is 2. The van der Waals surface area contributed by atoms with E-state index >= 15 is 0 Å². The second-order valence-corrected chi connectivity index (χ2v) is 8.08. The Kier molecular flexibility index (Phi) is 7.77. The maximum atomic E-state index is 12.1. The summed E-state index contributed by atoms with van der Waals surface area (Å²) >= 11 is 0. The normalized spacial score (nSPS) is 11.5. The number of aryl methyl sites for hydroxylation is 1. The molecule has 35 heavy (non-hydrogen) atoms. The molecule has 2 N–H and O–H groups in total. The largest absolute Gasteiger partial charge is 0.494 e. The lowest BCUT2D eigenvalue weighted by molar-refractivity contribution is -0.123. The van der Waals surface area contributed by atoms with Crippen LogP contribution in [0.3, 0.4) is 0 Å². The summed E-state index contributed by atoms with van der Waals surface area (Å²) in [5.74, 6) is 2.54. The number of rotatable bonds is 12. The van der Waals surface area contributed by atoms with Crippen LogP contribution in [0.2, 0.25) is 0 Å². The van der Waals surface area contributed by atoms with Crippen molar-refractivity contribution in [1.82, 2.24) is 15.1 Å². The zero-order valence-electron chi connectivity index (χ0n) is 20.6. The van der Waals surface area contributed by atoms with Crippen molar-refractivity contribution < 1.29 is 23.7 Å². The highest BCUT2D eigenvalue weighted by Gasteiger charge is 2.29. The summed E-state index contributed by atoms with van der Waals surface area (Å²) < 4.78 is 24.2. The van der Waals surface area contributed by atoms with E-state index in [4.69, 9.17) is 24.0 Å². The smallest absolute Gasteiger partial charge is 0.258 e. The first-order valence-electron chi connectivity index (χ1n) is 11.8. The summed E-state index contributed by atoms with van der Waals surface area (Å²) in [6.45, 7) is 5.76. The van der Waals surface area contributed by atoms with Crippen LogP contribution in [0.1, 0.15) is 25.0 Å². The lowest BCUT2D eigenvalue weighted by atomic mass is 10.1. The Morgan fingerprint density at radius 3 is 2.66 bits per heavy atom. The zero-order valence-corrected chi connectivity index (χ0v) is 20.6. The Bertz CT molecular complexity index is 1190. The van der Waals surface area contributed by atoms with Gasteiger partial charge in [0.05, 0.1) is 25.5 Å². The van der Waals surface area contributed by atoms with Gasteiger partial charge < -0.3 is 29.6 Å². The summed E-state index contributed by atoms with van der Waals surface area (Å²) in [5.41, 5.74) is 5.16. The molecule has 0 spiro atoms. The van der Waals surface area contributed by atoms with Crippen molar-refractivity contribution in [2.75, 3.05) is 45.4 Å². The predicted octanol–water partition coefficient (Wildman–Crippen LogP) is 3.67. The van der Waals surface area contributed by atoms with Crippen LogP contribution in [0.5, 0.6) is 17.2 Å². The Hall–Kier alpha value is -3.72. The molecule has 1 aliphatic carbocycles. The molecular formula is C26H32N4O5. The number of methoxy groups -OCH3 is 1. The number of benzene rings is 2. The molecule has 1 aromatic heterocycles. The van der Waals surface area contributed by atoms with Gasteiger partial charge in [-0.2, -0.15) is 5.10 Å². The van der Waals surface area contributed by atoms with Gasteiger partial charge in [-0.1, -0.05) is 6.07 Å². The molecule has 0 unspecified atom stereocenters. The fraction of sp³-hybridized carbons (Fsp3) is 0.385. The number of nitrogens with one attached hydrogen (secondary N) is 2. The van der Waals surface area contributed by atoms with Crippen LogP contribution in [0, 0.1) is 0 Å². The van der Waals surface area contributed by atoms with E-state index in [1.807, 2.05) is 62.0 Å². The molecular weight excluding hydrogens is 448 g/mol. The SMILES string of the molecule is CCOc1cccc(Nc2nn(C)c3c2Cc2cc(OCC)c(OCC(=O)NCCOC)cc2-3)c1. The van der Waals surface area contributed by atoms with Crippen molar-refractivity contribution >= 4 is 17.4 Å². The third kappa shape index (κ3) is 5.51. The molecule has 0 aliphatic heterocycles. The number of carbonyl (C=O) groups is 1. The summed E-state index contributed by atoms with van der Waals surface area (Å²) in [5, 5.41) is 10.9. The standard InChI is InChI=1S/C26H32N4O5/c1-5-33-19-9-7-8-18(14-19)28-26-21-12-17-13-22(34-6-2)23(15-20(17)25(21)30(3)29-26)35-16-24(31)27-10-11-32-4/h7-9,13-15H,5-6,10-12,16H2,1-4H3,(H,27,31)(H,28,29). The van der Waals surface area contributed by atoms with Crippen molar-refractivity contribution in [2.45, 2.75) is 20.3 Å². The van der Waals surface area contributed by atoms with Gasteiger partial charge in [0.15, 0.2) is 23.9 Å². The molecule has 0 bridgehead atoms. The van der Waals surface area contributed by atoms with Gasteiger partial charge in [-0.05, 0) is 43.7 Å². The number of nitrogens with zero attached hydrogens (tertiary/aromatic N) is 2. The second kappa shape index (κ2) is 11.1. The average molecular weight is 481 g/mol. The van der Waals surface area contributed by atoms with E-state index in [9.17, 15) is 4.79 Å². The van der Waals surface area contributed by atoms with Crippen molar-refractivity contribution in [3.63, 3.8) is 0 Å². The van der Waals surface area contributed by atoms with Gasteiger partial charge in [0.1, 0.15) is 5.75 Å². The van der Waals surface area contributed by atoms with Crippen LogP contribution in [0.25, 0.3) is 11.3 Å². The van der Waals surface area contributed by atoms with Gasteiger partial charge in [-0.15, -0.1) is 0 Å². The molecule has 0 saturated carbocycles. The summed E-state index contributed by atoms with van der Waals surface area (Å²) in [4.78, 5) is 12.1. The molecule has 1 amide bonds. The first-order chi connectivity index (χ1) is 17.0. The van der Waals surface area contributed by atoms with Gasteiger partial charge in [0.2, 0.25) is 0 Å². The van der Waals surface area contributed by atoms with Crippen molar-refractivity contribution in [3.8, 4) is 28.5 Å². The topological polar surface area (TPSA) is 95.9 Å². The highest BCUT2D eigenvalue weighted by molar-refractivity contribution is 5.82. The number of hydrogen-bond acceptors (Lipinski definition) is 7. The van der Waals surface area contributed by atoms with Crippen molar-refractivity contribution in [1.29, 1.82) is 0 Å². The third-order valence-corrected chi connectivity index (χ3v) is 5.63. The van der Waals surface area contributed by atoms with Crippen molar-refractivity contribution in [2.24, 2.45) is 7.05 Å². The Balaban J connectivity index is 1.58. The fourth-order valence-corrected chi connectivity index (χ4v) is 4.17. The fourth-order valence-electron chi connectivity index (χ4n) is 4.17. The molecule has 0 saturated heterocycles. The molecule has 2 aromatic carbocycles. The van der Waals surface area contributed by atoms with Gasteiger partial charge in [0.25, 0.3) is 5.91 Å². The van der Waals surface area contributed by atoms with Crippen LogP contribution in [0.15, 0.2) is 36.4 Å². The minimum absolute atomic E-state index is 0.107. The molecule has 3 aromatic rings. The van der Waals surface area contributed by atoms with E-state index in [1.165, 1.54) is 0 Å². The van der Waals surface area contributed by atoms with Crippen molar-refractivity contribution in [3.05, 3.63) is 47.5 Å². The van der Waals surface area contributed by atoms with Crippen LogP contribution >= 0.6 is 0 Å². The molecule has 0 fully saturated rings. The first-order valence-corrected chi connectivity index (χ1v) is 11.8. The van der Waals surface area contributed by atoms with E-state index in [-0.39, 0.29) is 12.5 Å². The van der Waals surface area contributed by atoms with Crippen LogP contribution in [-0.2, 0) is 23.0 Å². The Labute approximate surface area is 205 Å². The highest BCUT2D eigenvalue weighted by atomic mass is 16.5. The summed E-state index contributed by atoms with van der Waals surface area (Å²) in [6, 6.07) is 11.8. The number of anilines is 2. The molecule has 9 nitrogen and oxygen atoms in total. The monoisotopic (exact) mass is 480 g/mol. The van der Waals surface area contributed by atoms with Gasteiger partial charge in [-0.25, -0.2) is 0 Å². The third-order valence-electron chi connectivity index (χ3n) is 5.63. The van der Waals surface area contributed by atoms with E-state index in [0.29, 0.717) is 44.3 Å². The Morgan fingerprint density at radius 2 is 1.89 bits per heavy atom. The number of ether oxygens (including phenoxy) is 4. The average Bonchev–Trinajstić information content (AvgIpc) is 3.35. The molecule has 1 heterocycles. The number of fused-ring (bicyclic) bond motifs is 3. The molecule has 0 atom stereocenters. The molecule has 1 aliphatic rings. The summed E-state index contributed by atoms with van der Waals surface area (Å²) in [6.07, 6.45) is 0.712. The second-order valence-electron chi connectivity index (χ2n) is 8.08. The zero-order chi connectivity index (χ0) is 24.8. The minimum Gasteiger partial charge on any atom is -0.494 e. The number of carbonyl (C=O) groups excluding carboxylic acids is 1. The quantitative estimate of drug-likeness (QED) is 0.299. The van der Waals surface area contributed by atoms with E-state index < -0.39 is 0 Å². The molecule has 0 radical (unpaired) electrons. The molecule has 186 valence electrons. The van der Waals surface area contributed by atoms with Gasteiger partial charge in [0, 0.05) is 50.0 Å². The first kappa shape index (κ1) is 24.4. The number of amides is 1. The van der Waals surface area contributed by atoms with Crippen LogP contribution in [0.4, 0.5) is 11.5 Å². The minimum atomic E-state index is -0.216. The molecule has 9 heteroatoms. The highest BCUT2D eigenvalue weighted by Crippen LogP contribution is 2.45. The van der Waals surface area contributed by atoms with E-state index in [0.717, 1.165) is 39.6 Å². The lowest BCUT2D eigenvalue weighted by Crippen LogP contribution is -2.31. The van der Waals surface area contributed by atoms with Crippen LogP contribution < -0.4 is 24.8 Å². The van der Waals surface area contributed by atoms with Crippen LogP contribution in [-0.4, -0.2) is 55.8 Å². The lowest BCUT2D eigenvalue weighted by Gasteiger charge is -2.14. The summed E-state index contributed by atoms with van der Waals surface area (Å²) in [7, 11) is 3.52.